The van der Waals surface area contributed by atoms with E-state index >= 15 is 0 Å². The lowest BCUT2D eigenvalue weighted by Gasteiger charge is -2.44. The Labute approximate surface area is 118 Å². The third-order valence-corrected chi connectivity index (χ3v) is 3.94. The number of hydrogen-bond acceptors (Lipinski definition) is 4. The summed E-state index contributed by atoms with van der Waals surface area (Å²) in [6.07, 6.45) is 3.62. The fraction of sp³-hybridized carbons (Fsp3) is 0.643. The van der Waals surface area contributed by atoms with Crippen LogP contribution in [-0.2, 0) is 14.4 Å². The Kier molecular flexibility index (Phi) is 4.42. The maximum Gasteiger partial charge on any atom is 0.245 e. The third kappa shape index (κ3) is 2.69. The number of amides is 2. The first-order valence-electron chi connectivity index (χ1n) is 7.06. The van der Waals surface area contributed by atoms with Gasteiger partial charge in [-0.05, 0) is 25.7 Å². The van der Waals surface area contributed by atoms with Gasteiger partial charge in [0.15, 0.2) is 0 Å². The van der Waals surface area contributed by atoms with E-state index in [0.717, 1.165) is 31.5 Å². The van der Waals surface area contributed by atoms with Crippen molar-refractivity contribution in [1.29, 1.82) is 0 Å². The molecular formula is C14H21N3O3. The monoisotopic (exact) mass is 279 g/mol. The van der Waals surface area contributed by atoms with Crippen LogP contribution in [0, 0.1) is 5.92 Å². The van der Waals surface area contributed by atoms with Crippen molar-refractivity contribution >= 4 is 18.1 Å². The van der Waals surface area contributed by atoms with Crippen molar-refractivity contribution in [3.8, 4) is 0 Å². The molecule has 110 valence electrons. The Hall–Kier alpha value is -1.85. The van der Waals surface area contributed by atoms with Gasteiger partial charge < -0.3 is 10.1 Å². The standard InChI is InChI=1S/C14H21N3O3/c1-10-5-6-11(2)16-8-3-4-12(17(16)14(10)20)13(19)15-7-9-18/h9-10,12H,2-8H2,1H3,(H,15,19)/t10-,12-/m0/s1. The van der Waals surface area contributed by atoms with E-state index in [0.29, 0.717) is 12.7 Å². The summed E-state index contributed by atoms with van der Waals surface area (Å²) >= 11 is 0. The third-order valence-electron chi connectivity index (χ3n) is 3.94. The summed E-state index contributed by atoms with van der Waals surface area (Å²) in [4.78, 5) is 35.0. The summed E-state index contributed by atoms with van der Waals surface area (Å²) in [6, 6.07) is -0.534. The van der Waals surface area contributed by atoms with Crippen molar-refractivity contribution in [3.63, 3.8) is 0 Å². The second-order valence-electron chi connectivity index (χ2n) is 5.38. The van der Waals surface area contributed by atoms with Crippen molar-refractivity contribution in [1.82, 2.24) is 15.3 Å². The lowest BCUT2D eigenvalue weighted by molar-refractivity contribution is -0.164. The minimum Gasteiger partial charge on any atom is -0.347 e. The summed E-state index contributed by atoms with van der Waals surface area (Å²) < 4.78 is 0. The zero-order chi connectivity index (χ0) is 14.7. The molecule has 0 bridgehead atoms. The number of carbonyl (C=O) groups excluding carboxylic acids is 3. The predicted molar refractivity (Wildman–Crippen MR) is 73.2 cm³/mol. The molecule has 20 heavy (non-hydrogen) atoms. The number of carbonyl (C=O) groups is 3. The van der Waals surface area contributed by atoms with Crippen LogP contribution >= 0.6 is 0 Å². The van der Waals surface area contributed by atoms with E-state index in [1.807, 2.05) is 11.9 Å². The Morgan fingerprint density at radius 1 is 1.50 bits per heavy atom. The summed E-state index contributed by atoms with van der Waals surface area (Å²) in [5.74, 6) is -0.414. The van der Waals surface area contributed by atoms with Crippen LogP contribution in [0.15, 0.2) is 12.3 Å². The fourth-order valence-corrected chi connectivity index (χ4v) is 2.78. The number of allylic oxidation sites excluding steroid dienone is 1. The van der Waals surface area contributed by atoms with Crippen LogP contribution in [0.25, 0.3) is 0 Å². The molecule has 0 saturated carbocycles. The zero-order valence-electron chi connectivity index (χ0n) is 11.8. The van der Waals surface area contributed by atoms with Gasteiger partial charge in [-0.2, -0.15) is 0 Å². The highest BCUT2D eigenvalue weighted by molar-refractivity contribution is 5.89. The van der Waals surface area contributed by atoms with Crippen molar-refractivity contribution < 1.29 is 14.4 Å². The van der Waals surface area contributed by atoms with Crippen LogP contribution in [0.4, 0.5) is 0 Å². The molecule has 0 aromatic carbocycles. The maximum absolute atomic E-state index is 12.5. The SMILES string of the molecule is C=C1CC[C@H](C)C(=O)N2[C@H](C(=O)NCC=O)CCCN12. The quantitative estimate of drug-likeness (QED) is 0.762. The van der Waals surface area contributed by atoms with Crippen molar-refractivity contribution in [2.45, 2.75) is 38.6 Å². The molecule has 2 rings (SSSR count). The average molecular weight is 279 g/mol. The number of hydrazine groups is 1. The molecule has 2 fully saturated rings. The van der Waals surface area contributed by atoms with Crippen LogP contribution < -0.4 is 5.32 Å². The van der Waals surface area contributed by atoms with E-state index in [2.05, 4.69) is 11.9 Å². The van der Waals surface area contributed by atoms with Gasteiger partial charge in [0.05, 0.1) is 6.54 Å². The molecule has 0 spiro atoms. The van der Waals surface area contributed by atoms with Crippen molar-refractivity contribution in [2.75, 3.05) is 13.1 Å². The molecule has 2 aliphatic rings. The van der Waals surface area contributed by atoms with Gasteiger partial charge in [-0.3, -0.25) is 14.6 Å². The molecule has 6 heteroatoms. The Balaban J connectivity index is 2.23. The lowest BCUT2D eigenvalue weighted by atomic mass is 10.0. The van der Waals surface area contributed by atoms with Gasteiger partial charge in [0.2, 0.25) is 11.8 Å². The van der Waals surface area contributed by atoms with Crippen LogP contribution in [0.3, 0.4) is 0 Å². The Morgan fingerprint density at radius 2 is 2.25 bits per heavy atom. The number of nitrogens with one attached hydrogen (secondary N) is 1. The molecule has 0 radical (unpaired) electrons. The second-order valence-corrected chi connectivity index (χ2v) is 5.38. The molecule has 2 saturated heterocycles. The average Bonchev–Trinajstić information content (AvgIpc) is 2.57. The zero-order valence-corrected chi connectivity index (χ0v) is 11.8. The summed E-state index contributed by atoms with van der Waals surface area (Å²) in [6.45, 7) is 6.61. The van der Waals surface area contributed by atoms with E-state index in [4.69, 9.17) is 0 Å². The first-order chi connectivity index (χ1) is 9.56. The molecule has 0 unspecified atom stereocenters. The molecule has 2 amide bonds. The van der Waals surface area contributed by atoms with Gasteiger partial charge in [-0.25, -0.2) is 5.01 Å². The second kappa shape index (κ2) is 6.07. The highest BCUT2D eigenvalue weighted by atomic mass is 16.2. The molecule has 1 N–H and O–H groups in total. The highest BCUT2D eigenvalue weighted by Crippen LogP contribution is 2.30. The molecule has 0 aliphatic carbocycles. The van der Waals surface area contributed by atoms with Crippen LogP contribution in [0.2, 0.25) is 0 Å². The van der Waals surface area contributed by atoms with E-state index in [-0.39, 0.29) is 24.3 Å². The maximum atomic E-state index is 12.5. The molecule has 2 aliphatic heterocycles. The molecule has 0 aromatic rings. The van der Waals surface area contributed by atoms with Gasteiger partial charge >= 0.3 is 0 Å². The highest BCUT2D eigenvalue weighted by Gasteiger charge is 2.40. The Bertz CT molecular complexity index is 435. The van der Waals surface area contributed by atoms with Crippen molar-refractivity contribution in [2.24, 2.45) is 5.92 Å². The fourth-order valence-electron chi connectivity index (χ4n) is 2.78. The van der Waals surface area contributed by atoms with Crippen molar-refractivity contribution in [3.05, 3.63) is 12.3 Å². The normalized spacial score (nSPS) is 26.9. The topological polar surface area (TPSA) is 69.7 Å². The first kappa shape index (κ1) is 14.6. The van der Waals surface area contributed by atoms with Crippen LogP contribution in [-0.4, -0.2) is 47.2 Å². The number of nitrogens with zero attached hydrogens (tertiary/aromatic N) is 2. The first-order valence-corrected chi connectivity index (χ1v) is 7.06. The molecule has 0 aromatic heterocycles. The Morgan fingerprint density at radius 3 is 2.95 bits per heavy atom. The number of aldehydes is 1. The van der Waals surface area contributed by atoms with Gasteiger partial charge in [0.1, 0.15) is 12.3 Å². The number of fused-ring (bicyclic) bond motifs is 1. The molecule has 2 atom stereocenters. The summed E-state index contributed by atoms with van der Waals surface area (Å²) in [7, 11) is 0. The summed E-state index contributed by atoms with van der Waals surface area (Å²) in [5, 5.41) is 5.96. The van der Waals surface area contributed by atoms with E-state index in [9.17, 15) is 14.4 Å². The van der Waals surface area contributed by atoms with Gasteiger partial charge in [0.25, 0.3) is 0 Å². The smallest absolute Gasteiger partial charge is 0.245 e. The largest absolute Gasteiger partial charge is 0.347 e. The predicted octanol–water partition coefficient (Wildman–Crippen LogP) is 0.453. The van der Waals surface area contributed by atoms with Crippen LogP contribution in [0.5, 0.6) is 0 Å². The number of hydrogen-bond donors (Lipinski definition) is 1. The minimum atomic E-state index is -0.534. The van der Waals surface area contributed by atoms with Gasteiger partial charge in [0, 0.05) is 18.2 Å². The van der Waals surface area contributed by atoms with E-state index in [1.165, 1.54) is 0 Å². The summed E-state index contributed by atoms with van der Waals surface area (Å²) in [5.41, 5.74) is 0.885. The molecule has 2 heterocycles. The van der Waals surface area contributed by atoms with Gasteiger partial charge in [-0.15, -0.1) is 0 Å². The minimum absolute atomic E-state index is 0.0200. The molecule has 6 nitrogen and oxygen atoms in total. The van der Waals surface area contributed by atoms with Crippen LogP contribution in [0.1, 0.15) is 32.6 Å². The number of rotatable bonds is 3. The van der Waals surface area contributed by atoms with E-state index in [1.54, 1.807) is 5.01 Å². The lowest BCUT2D eigenvalue weighted by Crippen LogP contribution is -2.60. The van der Waals surface area contributed by atoms with Gasteiger partial charge in [-0.1, -0.05) is 13.5 Å². The van der Waals surface area contributed by atoms with E-state index < -0.39 is 6.04 Å². The molecular weight excluding hydrogens is 258 g/mol.